The molecule has 0 aliphatic heterocycles. The Labute approximate surface area is 94.9 Å². The van der Waals surface area contributed by atoms with Crippen molar-refractivity contribution in [3.8, 4) is 0 Å². The molecule has 1 rings (SSSR count). The second kappa shape index (κ2) is 5.28. The Bertz CT molecular complexity index is 327. The molecule has 0 saturated heterocycles. The average Bonchev–Trinajstić information content (AvgIpc) is 2.54. The van der Waals surface area contributed by atoms with E-state index in [9.17, 15) is 4.79 Å². The molecule has 15 heavy (non-hydrogen) atoms. The topological polar surface area (TPSA) is 46.3 Å². The van der Waals surface area contributed by atoms with Crippen LogP contribution in [0, 0.1) is 13.8 Å². The van der Waals surface area contributed by atoms with Crippen LogP contribution in [0.5, 0.6) is 0 Å². The van der Waals surface area contributed by atoms with Gasteiger partial charge in [0.25, 0.3) is 5.91 Å². The van der Waals surface area contributed by atoms with Gasteiger partial charge in [-0.2, -0.15) is 0 Å². The summed E-state index contributed by atoms with van der Waals surface area (Å²) in [6.07, 6.45) is 0.853. The third-order valence-electron chi connectivity index (χ3n) is 2.42. The van der Waals surface area contributed by atoms with Crippen molar-refractivity contribution in [3.63, 3.8) is 0 Å². The molecule has 0 aromatic carbocycles. The first-order valence-corrected chi connectivity index (χ1v) is 5.90. The molecule has 0 radical (unpaired) electrons. The van der Waals surface area contributed by atoms with Crippen LogP contribution in [0.25, 0.3) is 0 Å². The minimum Gasteiger partial charge on any atom is -0.341 e. The normalized spacial score (nSPS) is 10.4. The van der Waals surface area contributed by atoms with E-state index in [2.05, 4.69) is 0 Å². The fourth-order valence-electron chi connectivity index (χ4n) is 1.30. The number of hydrogen-bond donors (Lipinski definition) is 1. The number of carbonyl (C=O) groups excluding carboxylic acids is 1. The predicted molar refractivity (Wildman–Crippen MR) is 64.4 cm³/mol. The van der Waals surface area contributed by atoms with Crippen molar-refractivity contribution >= 4 is 17.2 Å². The molecule has 2 N–H and O–H groups in total. The maximum atomic E-state index is 11.9. The Morgan fingerprint density at radius 1 is 1.53 bits per heavy atom. The summed E-state index contributed by atoms with van der Waals surface area (Å²) in [6.45, 7) is 5.42. The van der Waals surface area contributed by atoms with Crippen LogP contribution in [0.15, 0.2) is 6.07 Å². The maximum Gasteiger partial charge on any atom is 0.263 e. The number of rotatable bonds is 4. The van der Waals surface area contributed by atoms with Gasteiger partial charge in [-0.05, 0) is 38.4 Å². The van der Waals surface area contributed by atoms with Gasteiger partial charge in [0.05, 0.1) is 4.88 Å². The number of nitrogens with zero attached hydrogens (tertiary/aromatic N) is 1. The maximum absolute atomic E-state index is 11.9. The number of nitrogens with two attached hydrogens (primary N) is 1. The van der Waals surface area contributed by atoms with Crippen LogP contribution >= 0.6 is 11.3 Å². The van der Waals surface area contributed by atoms with E-state index in [1.165, 1.54) is 10.4 Å². The van der Waals surface area contributed by atoms with E-state index in [0.29, 0.717) is 6.54 Å². The van der Waals surface area contributed by atoms with Crippen molar-refractivity contribution in [2.75, 3.05) is 20.1 Å². The van der Waals surface area contributed by atoms with Gasteiger partial charge in [-0.3, -0.25) is 4.79 Å². The quantitative estimate of drug-likeness (QED) is 0.850. The lowest BCUT2D eigenvalue weighted by Crippen LogP contribution is -2.28. The summed E-state index contributed by atoms with van der Waals surface area (Å²) in [6, 6.07) is 1.96. The van der Waals surface area contributed by atoms with Crippen LogP contribution in [0.4, 0.5) is 0 Å². The van der Waals surface area contributed by atoms with Gasteiger partial charge in [-0.1, -0.05) is 0 Å². The largest absolute Gasteiger partial charge is 0.341 e. The molecule has 0 aliphatic rings. The van der Waals surface area contributed by atoms with E-state index in [-0.39, 0.29) is 5.91 Å². The molecule has 0 fully saturated rings. The fourth-order valence-corrected chi connectivity index (χ4v) is 2.33. The lowest BCUT2D eigenvalue weighted by atomic mass is 10.2. The summed E-state index contributed by atoms with van der Waals surface area (Å²) in [5, 5.41) is 0. The van der Waals surface area contributed by atoms with E-state index in [1.807, 2.05) is 27.0 Å². The molecule has 0 saturated carbocycles. The molecule has 0 atom stereocenters. The summed E-state index contributed by atoms with van der Waals surface area (Å²) < 4.78 is 0. The number of hydrogen-bond acceptors (Lipinski definition) is 3. The zero-order chi connectivity index (χ0) is 11.4. The van der Waals surface area contributed by atoms with Crippen molar-refractivity contribution in [2.45, 2.75) is 20.3 Å². The first-order valence-electron chi connectivity index (χ1n) is 5.09. The van der Waals surface area contributed by atoms with E-state index < -0.39 is 0 Å². The summed E-state index contributed by atoms with van der Waals surface area (Å²) in [5.41, 5.74) is 6.60. The predicted octanol–water partition coefficient (Wildman–Crippen LogP) is 1.79. The standard InChI is InChI=1S/C11H18N2OS/c1-8-7-10(15-9(8)2)11(14)13(3)6-4-5-12/h7H,4-6,12H2,1-3H3. The van der Waals surface area contributed by atoms with Gasteiger partial charge >= 0.3 is 0 Å². The van der Waals surface area contributed by atoms with Crippen LogP contribution in [0.1, 0.15) is 26.5 Å². The number of aryl methyl sites for hydroxylation is 2. The minimum atomic E-state index is 0.102. The van der Waals surface area contributed by atoms with Crippen LogP contribution in [-0.4, -0.2) is 30.9 Å². The molecule has 0 aliphatic carbocycles. The number of carbonyl (C=O) groups is 1. The van der Waals surface area contributed by atoms with Gasteiger partial charge in [-0.15, -0.1) is 11.3 Å². The van der Waals surface area contributed by atoms with Crippen molar-refractivity contribution < 1.29 is 4.79 Å². The van der Waals surface area contributed by atoms with Gasteiger partial charge < -0.3 is 10.6 Å². The SMILES string of the molecule is Cc1cc(C(=O)N(C)CCCN)sc1C. The van der Waals surface area contributed by atoms with E-state index in [4.69, 9.17) is 5.73 Å². The molecule has 84 valence electrons. The van der Waals surface area contributed by atoms with Crippen LogP contribution in [0.3, 0.4) is 0 Å². The van der Waals surface area contributed by atoms with Gasteiger partial charge in [0.2, 0.25) is 0 Å². The molecule has 0 unspecified atom stereocenters. The summed E-state index contributed by atoms with van der Waals surface area (Å²) in [7, 11) is 1.82. The van der Waals surface area contributed by atoms with Crippen molar-refractivity contribution in [3.05, 3.63) is 21.4 Å². The van der Waals surface area contributed by atoms with Crippen molar-refractivity contribution in [2.24, 2.45) is 5.73 Å². The monoisotopic (exact) mass is 226 g/mol. The highest BCUT2D eigenvalue weighted by atomic mass is 32.1. The van der Waals surface area contributed by atoms with Crippen LogP contribution in [0.2, 0.25) is 0 Å². The molecular weight excluding hydrogens is 208 g/mol. The molecule has 0 bridgehead atoms. The highest BCUT2D eigenvalue weighted by molar-refractivity contribution is 7.14. The first kappa shape index (κ1) is 12.2. The minimum absolute atomic E-state index is 0.102. The highest BCUT2D eigenvalue weighted by Gasteiger charge is 2.14. The molecule has 1 amide bonds. The number of amides is 1. The van der Waals surface area contributed by atoms with E-state index in [0.717, 1.165) is 17.8 Å². The molecule has 3 nitrogen and oxygen atoms in total. The van der Waals surface area contributed by atoms with E-state index >= 15 is 0 Å². The first-order chi connectivity index (χ1) is 7.06. The smallest absolute Gasteiger partial charge is 0.263 e. The number of thiophene rings is 1. The summed E-state index contributed by atoms with van der Waals surface area (Å²) in [5.74, 6) is 0.102. The van der Waals surface area contributed by atoms with Gasteiger partial charge in [-0.25, -0.2) is 0 Å². The zero-order valence-electron chi connectivity index (χ0n) is 9.54. The third-order valence-corrected chi connectivity index (χ3v) is 3.56. The third kappa shape index (κ3) is 3.04. The Kier molecular flexibility index (Phi) is 4.29. The van der Waals surface area contributed by atoms with Crippen LogP contribution in [-0.2, 0) is 0 Å². The molecule has 1 aromatic rings. The Morgan fingerprint density at radius 2 is 2.20 bits per heavy atom. The van der Waals surface area contributed by atoms with Gasteiger partial charge in [0.15, 0.2) is 0 Å². The van der Waals surface area contributed by atoms with E-state index in [1.54, 1.807) is 16.2 Å². The fraction of sp³-hybridized carbons (Fsp3) is 0.545. The molecule has 1 heterocycles. The highest BCUT2D eigenvalue weighted by Crippen LogP contribution is 2.21. The molecule has 1 aromatic heterocycles. The van der Waals surface area contributed by atoms with Gasteiger partial charge in [0.1, 0.15) is 0 Å². The zero-order valence-corrected chi connectivity index (χ0v) is 10.4. The Balaban J connectivity index is 2.67. The van der Waals surface area contributed by atoms with Crippen LogP contribution < -0.4 is 5.73 Å². The summed E-state index contributed by atoms with van der Waals surface area (Å²) >= 11 is 1.56. The summed E-state index contributed by atoms with van der Waals surface area (Å²) in [4.78, 5) is 15.7. The molecule has 4 heteroatoms. The second-order valence-corrected chi connectivity index (χ2v) is 4.98. The molecular formula is C11H18N2OS. The Hall–Kier alpha value is -0.870. The Morgan fingerprint density at radius 3 is 2.67 bits per heavy atom. The lowest BCUT2D eigenvalue weighted by molar-refractivity contribution is 0.0799. The average molecular weight is 226 g/mol. The van der Waals surface area contributed by atoms with Gasteiger partial charge in [0, 0.05) is 18.5 Å². The van der Waals surface area contributed by atoms with Crippen molar-refractivity contribution in [1.29, 1.82) is 0 Å². The van der Waals surface area contributed by atoms with Crippen molar-refractivity contribution in [1.82, 2.24) is 4.90 Å². The second-order valence-electron chi connectivity index (χ2n) is 3.72. The lowest BCUT2D eigenvalue weighted by Gasteiger charge is -2.15. The molecule has 0 spiro atoms.